The number of fused-ring (bicyclic) bond motifs is 3. The Hall–Kier alpha value is -4.40. The number of nitrogens with one attached hydrogen (secondary N) is 1. The van der Waals surface area contributed by atoms with E-state index in [1.165, 1.54) is 49.3 Å². The number of hydrogen-bond acceptors (Lipinski definition) is 11. The number of nitrogens with zero attached hydrogens (tertiary/aromatic N) is 2. The van der Waals surface area contributed by atoms with Crippen LogP contribution < -0.4 is 15.4 Å². The molecule has 0 radical (unpaired) electrons. The lowest BCUT2D eigenvalue weighted by Crippen LogP contribution is -2.65. The van der Waals surface area contributed by atoms with E-state index in [9.17, 15) is 43.2 Å². The molecule has 0 aliphatic heterocycles. The fourth-order valence-electron chi connectivity index (χ4n) is 6.57. The lowest BCUT2D eigenvalue weighted by molar-refractivity contribution is -0.153. The number of amides is 1. The number of phenolic OH excluding ortho intramolecular Hbond substituents is 1. The van der Waals surface area contributed by atoms with Gasteiger partial charge in [-0.15, -0.1) is 0 Å². The molecule has 14 heteroatoms. The maximum atomic E-state index is 14.1. The minimum Gasteiger partial charge on any atom is -0.508 e. The number of rotatable bonds is 6. The number of benzene rings is 2. The first kappa shape index (κ1) is 30.1. The number of nitrogens with two attached hydrogens (primary N) is 1. The van der Waals surface area contributed by atoms with Gasteiger partial charge in [0.2, 0.25) is 5.78 Å². The van der Waals surface area contributed by atoms with Crippen molar-refractivity contribution >= 4 is 44.6 Å². The van der Waals surface area contributed by atoms with E-state index in [2.05, 4.69) is 4.72 Å². The van der Waals surface area contributed by atoms with Crippen LogP contribution in [-0.2, 0) is 30.8 Å². The van der Waals surface area contributed by atoms with Crippen molar-refractivity contribution in [3.63, 3.8) is 0 Å². The zero-order valence-electron chi connectivity index (χ0n) is 23.8. The predicted molar refractivity (Wildman–Crippen MR) is 156 cm³/mol. The molecule has 2 aromatic carbocycles. The van der Waals surface area contributed by atoms with Gasteiger partial charge in [0.05, 0.1) is 22.2 Å². The monoisotopic (exact) mass is 612 g/mol. The lowest BCUT2D eigenvalue weighted by atomic mass is 9.57. The number of carbonyl (C=O) groups excluding carboxylic acids is 3. The standard InChI is InChI=1S/C29H32N4O9S/c1-32(2)18-12-17(31-43(41,42)14-8-6-5-7-9-14)23(34)20-15(18)10-13-11-16-22(33(3)4)25(36)21(28(30)39)27(38)29(16,40)26(37)19(13)24(20)35/h5-9,12-13,16,22,31,34-35,38,40H,10-11H2,1-4H3,(H2,30,39)/t13?,16?,22-,29?/m0/s1. The molecule has 5 rings (SSSR count). The predicted octanol–water partition coefficient (Wildman–Crippen LogP) is 0.831. The van der Waals surface area contributed by atoms with Crippen LogP contribution in [0.3, 0.4) is 0 Å². The van der Waals surface area contributed by atoms with Gasteiger partial charge < -0.3 is 31.1 Å². The van der Waals surface area contributed by atoms with E-state index < -0.39 is 73.8 Å². The van der Waals surface area contributed by atoms with Crippen molar-refractivity contribution in [1.82, 2.24) is 4.90 Å². The van der Waals surface area contributed by atoms with E-state index in [0.29, 0.717) is 11.3 Å². The summed E-state index contributed by atoms with van der Waals surface area (Å²) in [7, 11) is 2.23. The maximum Gasteiger partial charge on any atom is 0.262 e. The summed E-state index contributed by atoms with van der Waals surface area (Å²) in [5, 5.41) is 45.7. The number of anilines is 2. The van der Waals surface area contributed by atoms with Gasteiger partial charge in [-0.05, 0) is 56.6 Å². The molecule has 0 heterocycles. The molecule has 1 amide bonds. The summed E-state index contributed by atoms with van der Waals surface area (Å²) in [6, 6.07) is 7.64. The van der Waals surface area contributed by atoms with Gasteiger partial charge in [0.15, 0.2) is 17.1 Å². The third kappa shape index (κ3) is 4.36. The van der Waals surface area contributed by atoms with Crippen molar-refractivity contribution < 1.29 is 43.2 Å². The molecule has 43 heavy (non-hydrogen) atoms. The number of aromatic hydroxyl groups is 1. The SMILES string of the molecule is CN(C)c1cc(NS(=O)(=O)c2ccccc2)c(O)c2c1CC1CC3[C@H](N(C)C)C(=O)C(C(N)=O)=C(O)C3(O)C(=O)C1=C2O. The van der Waals surface area contributed by atoms with Crippen LogP contribution in [0.5, 0.6) is 5.75 Å². The van der Waals surface area contributed by atoms with E-state index >= 15 is 0 Å². The van der Waals surface area contributed by atoms with Crippen LogP contribution in [0.2, 0.25) is 0 Å². The number of primary amides is 1. The topological polar surface area (TPSA) is 211 Å². The van der Waals surface area contributed by atoms with Gasteiger partial charge in [-0.1, -0.05) is 18.2 Å². The molecule has 0 saturated heterocycles. The van der Waals surface area contributed by atoms with Gasteiger partial charge in [-0.3, -0.25) is 24.0 Å². The van der Waals surface area contributed by atoms with Gasteiger partial charge in [0.25, 0.3) is 15.9 Å². The van der Waals surface area contributed by atoms with Crippen LogP contribution >= 0.6 is 0 Å². The molecule has 3 aliphatic carbocycles. The minimum absolute atomic E-state index is 0.0569. The van der Waals surface area contributed by atoms with Gasteiger partial charge in [0.1, 0.15) is 17.1 Å². The molecule has 4 atom stereocenters. The van der Waals surface area contributed by atoms with Crippen LogP contribution in [0.15, 0.2) is 58.2 Å². The molecular formula is C29H32N4O9S. The molecule has 3 aliphatic rings. The lowest BCUT2D eigenvalue weighted by Gasteiger charge is -2.50. The number of sulfonamides is 1. The van der Waals surface area contributed by atoms with Crippen LogP contribution in [0.25, 0.3) is 5.76 Å². The van der Waals surface area contributed by atoms with E-state index in [4.69, 9.17) is 5.73 Å². The quantitative estimate of drug-likeness (QED) is 0.199. The van der Waals surface area contributed by atoms with Gasteiger partial charge in [0, 0.05) is 31.3 Å². The van der Waals surface area contributed by atoms with E-state index in [1.54, 1.807) is 25.1 Å². The summed E-state index contributed by atoms with van der Waals surface area (Å²) in [6.07, 6.45) is -0.0108. The number of Topliss-reactive ketones (excluding diaryl/α,β-unsaturated/α-hetero) is 2. The summed E-state index contributed by atoms with van der Waals surface area (Å²) < 4.78 is 28.5. The van der Waals surface area contributed by atoms with Crippen molar-refractivity contribution in [3.8, 4) is 5.75 Å². The smallest absolute Gasteiger partial charge is 0.262 e. The number of ketones is 2. The summed E-state index contributed by atoms with van der Waals surface area (Å²) in [6.45, 7) is 0. The van der Waals surface area contributed by atoms with Crippen molar-refractivity contribution in [2.75, 3.05) is 37.8 Å². The minimum atomic E-state index is -4.18. The molecule has 1 saturated carbocycles. The highest BCUT2D eigenvalue weighted by Crippen LogP contribution is 2.54. The summed E-state index contributed by atoms with van der Waals surface area (Å²) >= 11 is 0. The molecule has 0 bridgehead atoms. The largest absolute Gasteiger partial charge is 0.508 e. The zero-order chi connectivity index (χ0) is 31.8. The zero-order valence-corrected chi connectivity index (χ0v) is 24.6. The number of aliphatic hydroxyl groups excluding tert-OH is 2. The van der Waals surface area contributed by atoms with E-state index in [-0.39, 0.29) is 34.6 Å². The van der Waals surface area contributed by atoms with Crippen LogP contribution in [-0.4, -0.2) is 91.1 Å². The molecule has 7 N–H and O–H groups in total. The van der Waals surface area contributed by atoms with Crippen molar-refractivity contribution in [1.29, 1.82) is 0 Å². The number of likely N-dealkylation sites (N-methyl/N-ethyl adjacent to an activating group) is 1. The van der Waals surface area contributed by atoms with Crippen LogP contribution in [0, 0.1) is 11.8 Å². The molecule has 3 unspecified atom stereocenters. The van der Waals surface area contributed by atoms with E-state index in [0.717, 1.165) is 0 Å². The summed E-state index contributed by atoms with van der Waals surface area (Å²) in [4.78, 5) is 42.5. The Morgan fingerprint density at radius 2 is 1.70 bits per heavy atom. The Balaban J connectivity index is 1.72. The van der Waals surface area contributed by atoms with Crippen molar-refractivity contribution in [3.05, 3.63) is 64.4 Å². The number of phenols is 1. The second-order valence-electron chi connectivity index (χ2n) is 11.4. The summed E-state index contributed by atoms with van der Waals surface area (Å²) in [5.41, 5.74) is 1.66. The molecule has 0 aromatic heterocycles. The Morgan fingerprint density at radius 1 is 1.07 bits per heavy atom. The molecule has 0 spiro atoms. The first-order valence-corrected chi connectivity index (χ1v) is 14.8. The Bertz CT molecular complexity index is 1750. The third-order valence-corrected chi connectivity index (χ3v) is 9.86. The normalized spacial score (nSPS) is 25.3. The van der Waals surface area contributed by atoms with E-state index in [1.807, 2.05) is 0 Å². The molecule has 2 aromatic rings. The highest BCUT2D eigenvalue weighted by molar-refractivity contribution is 7.92. The van der Waals surface area contributed by atoms with Crippen molar-refractivity contribution in [2.24, 2.45) is 17.6 Å². The molecule has 13 nitrogen and oxygen atoms in total. The second-order valence-corrected chi connectivity index (χ2v) is 13.1. The first-order chi connectivity index (χ1) is 20.0. The van der Waals surface area contributed by atoms with Crippen LogP contribution in [0.1, 0.15) is 17.5 Å². The second kappa shape index (κ2) is 10.1. The Kier molecular flexibility index (Phi) is 7.07. The summed E-state index contributed by atoms with van der Waals surface area (Å²) in [5.74, 6) is -7.88. The fraction of sp³-hybridized carbons (Fsp3) is 0.345. The Morgan fingerprint density at radius 3 is 2.26 bits per heavy atom. The molecule has 1 fully saturated rings. The first-order valence-electron chi connectivity index (χ1n) is 13.3. The number of hydrogen-bond donors (Lipinski definition) is 6. The Labute approximate surface area is 247 Å². The van der Waals surface area contributed by atoms with Gasteiger partial charge >= 0.3 is 0 Å². The van der Waals surface area contributed by atoms with Gasteiger partial charge in [-0.2, -0.15) is 0 Å². The molecular weight excluding hydrogens is 580 g/mol. The number of carbonyl (C=O) groups is 3. The maximum absolute atomic E-state index is 14.1. The van der Waals surface area contributed by atoms with Crippen LogP contribution in [0.4, 0.5) is 11.4 Å². The third-order valence-electron chi connectivity index (χ3n) is 8.48. The van der Waals surface area contributed by atoms with Gasteiger partial charge in [-0.25, -0.2) is 8.42 Å². The molecule has 228 valence electrons. The number of aliphatic hydroxyl groups is 3. The average Bonchev–Trinajstić information content (AvgIpc) is 2.92. The highest BCUT2D eigenvalue weighted by atomic mass is 32.2. The van der Waals surface area contributed by atoms with Crippen molar-refractivity contribution in [2.45, 2.75) is 29.4 Å². The highest BCUT2D eigenvalue weighted by Gasteiger charge is 2.64. The fourth-order valence-corrected chi connectivity index (χ4v) is 7.65. The average molecular weight is 613 g/mol.